The third-order valence-corrected chi connectivity index (χ3v) is 7.67. The highest BCUT2D eigenvalue weighted by atomic mass is 16.5. The van der Waals surface area contributed by atoms with Gasteiger partial charge in [0.15, 0.2) is 0 Å². The Morgan fingerprint density at radius 1 is 0.511 bits per heavy atom. The van der Waals surface area contributed by atoms with Gasteiger partial charge < -0.3 is 9.84 Å². The van der Waals surface area contributed by atoms with Gasteiger partial charge in [0.25, 0.3) is 0 Å². The minimum atomic E-state index is -0.716. The molecular formula is C41H68O4. The number of carboxylic acids is 1. The van der Waals surface area contributed by atoms with Crippen molar-refractivity contribution in [3.8, 4) is 0 Å². The zero-order valence-corrected chi connectivity index (χ0v) is 29.1. The highest BCUT2D eigenvalue weighted by Gasteiger charge is 2.13. The molecule has 1 N–H and O–H groups in total. The molecule has 1 unspecified atom stereocenters. The Kier molecular flexibility index (Phi) is 33.8. The maximum absolute atomic E-state index is 12.6. The zero-order valence-electron chi connectivity index (χ0n) is 29.1. The van der Waals surface area contributed by atoms with Gasteiger partial charge in [0, 0.05) is 12.8 Å². The lowest BCUT2D eigenvalue weighted by Gasteiger charge is -2.17. The van der Waals surface area contributed by atoms with Crippen molar-refractivity contribution in [2.75, 3.05) is 0 Å². The van der Waals surface area contributed by atoms with Crippen LogP contribution < -0.4 is 0 Å². The van der Waals surface area contributed by atoms with Gasteiger partial charge in [0.1, 0.15) is 6.10 Å². The van der Waals surface area contributed by atoms with Crippen LogP contribution >= 0.6 is 0 Å². The van der Waals surface area contributed by atoms with E-state index >= 15 is 0 Å². The molecule has 0 bridgehead atoms. The van der Waals surface area contributed by atoms with Gasteiger partial charge in [-0.15, -0.1) is 0 Å². The van der Waals surface area contributed by atoms with E-state index in [1.54, 1.807) is 0 Å². The fourth-order valence-corrected chi connectivity index (χ4v) is 4.96. The fraction of sp³-hybridized carbons (Fsp3) is 0.659. The van der Waals surface area contributed by atoms with Crippen molar-refractivity contribution >= 4 is 11.9 Å². The first-order chi connectivity index (χ1) is 22.1. The van der Waals surface area contributed by atoms with Crippen LogP contribution in [-0.4, -0.2) is 23.1 Å². The van der Waals surface area contributed by atoms with E-state index in [2.05, 4.69) is 86.8 Å². The molecule has 0 saturated heterocycles. The minimum absolute atomic E-state index is 0.0307. The highest BCUT2D eigenvalue weighted by molar-refractivity contribution is 5.69. The van der Waals surface area contributed by atoms with E-state index in [9.17, 15) is 9.59 Å². The standard InChI is InChI=1S/C41H68O4/c1-3-5-7-9-11-13-15-17-19-21-23-25-30-34-38-41(44)45-39(36-32-28-26-29-33-37-40(42)43)35-31-27-24-22-20-18-16-14-12-10-8-6-4-2/h6,8-9,11-12,14-15,17-18,20,24,27,39H,3-5,7,10,13,16,19,21-23,25-26,28-38H2,1-2H3,(H,42,43)/b8-6-,11-9-,14-12-,17-15-,20-18-,27-24-. The van der Waals surface area contributed by atoms with Crippen LogP contribution in [0.3, 0.4) is 0 Å². The van der Waals surface area contributed by atoms with E-state index in [1.165, 1.54) is 38.5 Å². The second kappa shape index (κ2) is 35.9. The summed E-state index contributed by atoms with van der Waals surface area (Å²) in [6.07, 6.45) is 50.5. The first-order valence-electron chi connectivity index (χ1n) is 18.4. The van der Waals surface area contributed by atoms with Crippen LogP contribution in [0.1, 0.15) is 168 Å². The van der Waals surface area contributed by atoms with E-state index in [-0.39, 0.29) is 18.5 Å². The number of carbonyl (C=O) groups is 2. The summed E-state index contributed by atoms with van der Waals surface area (Å²) in [7, 11) is 0. The van der Waals surface area contributed by atoms with E-state index in [4.69, 9.17) is 9.84 Å². The maximum atomic E-state index is 12.6. The SMILES string of the molecule is CC/C=C\C/C=C\C/C=C\C/C=C\CCC(CCCCCCCC(=O)O)OC(=O)CCCCCCC/C=C\C/C=C\CCCC. The van der Waals surface area contributed by atoms with Crippen molar-refractivity contribution in [1.82, 2.24) is 0 Å². The molecule has 45 heavy (non-hydrogen) atoms. The Bertz CT molecular complexity index is 846. The summed E-state index contributed by atoms with van der Waals surface area (Å²) in [5, 5.41) is 8.80. The number of carbonyl (C=O) groups excluding carboxylic acids is 1. The second-order valence-electron chi connectivity index (χ2n) is 12.0. The second-order valence-corrected chi connectivity index (χ2v) is 12.0. The van der Waals surface area contributed by atoms with Gasteiger partial charge in [-0.05, 0) is 89.9 Å². The summed E-state index contributed by atoms with van der Waals surface area (Å²) in [5.41, 5.74) is 0. The summed E-state index contributed by atoms with van der Waals surface area (Å²) in [6.45, 7) is 4.38. The van der Waals surface area contributed by atoms with Crippen LogP contribution in [0, 0.1) is 0 Å². The lowest BCUT2D eigenvalue weighted by molar-refractivity contribution is -0.150. The molecule has 0 rings (SSSR count). The fourth-order valence-electron chi connectivity index (χ4n) is 4.96. The predicted octanol–water partition coefficient (Wildman–Crippen LogP) is 12.7. The Labute approximate surface area is 277 Å². The first-order valence-corrected chi connectivity index (χ1v) is 18.4. The zero-order chi connectivity index (χ0) is 32.9. The van der Waals surface area contributed by atoms with Crippen molar-refractivity contribution < 1.29 is 19.4 Å². The molecule has 0 aliphatic heterocycles. The number of esters is 1. The molecule has 0 saturated carbocycles. The van der Waals surface area contributed by atoms with Crippen LogP contribution in [-0.2, 0) is 14.3 Å². The molecule has 0 aliphatic rings. The van der Waals surface area contributed by atoms with E-state index < -0.39 is 5.97 Å². The summed E-state index contributed by atoms with van der Waals surface area (Å²) in [6, 6.07) is 0. The molecule has 0 aliphatic carbocycles. The number of allylic oxidation sites excluding steroid dienone is 12. The van der Waals surface area contributed by atoms with Gasteiger partial charge in [-0.1, -0.05) is 138 Å². The summed E-state index contributed by atoms with van der Waals surface area (Å²) in [4.78, 5) is 23.3. The Morgan fingerprint density at radius 3 is 1.56 bits per heavy atom. The van der Waals surface area contributed by atoms with Gasteiger partial charge >= 0.3 is 11.9 Å². The van der Waals surface area contributed by atoms with Crippen LogP contribution in [0.25, 0.3) is 0 Å². The van der Waals surface area contributed by atoms with Crippen LogP contribution in [0.15, 0.2) is 72.9 Å². The predicted molar refractivity (Wildman–Crippen MR) is 195 cm³/mol. The number of carboxylic acid groups (broad SMARTS) is 1. The topological polar surface area (TPSA) is 63.6 Å². The van der Waals surface area contributed by atoms with E-state index in [0.29, 0.717) is 6.42 Å². The van der Waals surface area contributed by atoms with Gasteiger partial charge in [-0.25, -0.2) is 0 Å². The largest absolute Gasteiger partial charge is 0.481 e. The van der Waals surface area contributed by atoms with Gasteiger partial charge in [0.2, 0.25) is 0 Å². The van der Waals surface area contributed by atoms with E-state index in [0.717, 1.165) is 103 Å². The smallest absolute Gasteiger partial charge is 0.306 e. The molecule has 0 heterocycles. The van der Waals surface area contributed by atoms with Crippen molar-refractivity contribution in [1.29, 1.82) is 0 Å². The van der Waals surface area contributed by atoms with Gasteiger partial charge in [0.05, 0.1) is 0 Å². The van der Waals surface area contributed by atoms with Crippen molar-refractivity contribution in [2.24, 2.45) is 0 Å². The molecule has 4 nitrogen and oxygen atoms in total. The average molecular weight is 625 g/mol. The summed E-state index contributed by atoms with van der Waals surface area (Å²) >= 11 is 0. The van der Waals surface area contributed by atoms with E-state index in [1.807, 2.05) is 0 Å². The number of unbranched alkanes of at least 4 members (excludes halogenated alkanes) is 11. The van der Waals surface area contributed by atoms with Crippen molar-refractivity contribution in [2.45, 2.75) is 174 Å². The lowest BCUT2D eigenvalue weighted by atomic mass is 10.0. The van der Waals surface area contributed by atoms with Gasteiger partial charge in [-0.3, -0.25) is 9.59 Å². The molecule has 0 fully saturated rings. The average Bonchev–Trinajstić information content (AvgIpc) is 3.02. The molecule has 0 radical (unpaired) electrons. The number of aliphatic carboxylic acids is 1. The lowest BCUT2D eigenvalue weighted by Crippen LogP contribution is -2.18. The quantitative estimate of drug-likeness (QED) is 0.0459. The van der Waals surface area contributed by atoms with Crippen LogP contribution in [0.4, 0.5) is 0 Å². The molecule has 0 spiro atoms. The third kappa shape index (κ3) is 35.7. The van der Waals surface area contributed by atoms with Gasteiger partial charge in [-0.2, -0.15) is 0 Å². The monoisotopic (exact) mass is 625 g/mol. The number of rotatable bonds is 32. The van der Waals surface area contributed by atoms with Crippen LogP contribution in [0.2, 0.25) is 0 Å². The highest BCUT2D eigenvalue weighted by Crippen LogP contribution is 2.17. The molecule has 0 aromatic rings. The number of ether oxygens (including phenoxy) is 1. The molecule has 0 amide bonds. The normalized spacial score (nSPS) is 13.1. The molecule has 256 valence electrons. The molecular weight excluding hydrogens is 556 g/mol. The first kappa shape index (κ1) is 42.4. The van der Waals surface area contributed by atoms with Crippen molar-refractivity contribution in [3.05, 3.63) is 72.9 Å². The Morgan fingerprint density at radius 2 is 0.978 bits per heavy atom. The van der Waals surface area contributed by atoms with Crippen molar-refractivity contribution in [3.63, 3.8) is 0 Å². The number of hydrogen-bond donors (Lipinski definition) is 1. The summed E-state index contributed by atoms with van der Waals surface area (Å²) < 4.78 is 5.94. The number of hydrogen-bond acceptors (Lipinski definition) is 3. The summed E-state index contributed by atoms with van der Waals surface area (Å²) in [5.74, 6) is -0.770. The Balaban J connectivity index is 4.25. The molecule has 0 aromatic carbocycles. The maximum Gasteiger partial charge on any atom is 0.306 e. The van der Waals surface area contributed by atoms with Crippen LogP contribution in [0.5, 0.6) is 0 Å². The molecule has 0 aromatic heterocycles. The molecule has 1 atom stereocenters. The molecule has 4 heteroatoms. The Hall–Kier alpha value is -2.62. The minimum Gasteiger partial charge on any atom is -0.481 e. The third-order valence-electron chi connectivity index (χ3n) is 7.67.